The summed E-state index contributed by atoms with van der Waals surface area (Å²) in [6.45, 7) is 0. The Hall–Kier alpha value is -2.45. The Kier molecular flexibility index (Phi) is 5.05. The van der Waals surface area contributed by atoms with Crippen LogP contribution in [-0.2, 0) is 6.18 Å². The minimum absolute atomic E-state index is 0.0511. The number of carbonyl (C=O) groups is 2. The summed E-state index contributed by atoms with van der Waals surface area (Å²) in [4.78, 5) is 27.0. The Balaban J connectivity index is 1.46. The first-order valence-electron chi connectivity index (χ1n) is 9.13. The number of carbonyl (C=O) groups excluding carboxylic acids is 2. The lowest BCUT2D eigenvalue weighted by molar-refractivity contribution is -0.137. The predicted molar refractivity (Wildman–Crippen MR) is 123 cm³/mol. The van der Waals surface area contributed by atoms with Gasteiger partial charge in [-0.3, -0.25) is 9.59 Å². The standard InChI is InChI=1S/C23H9Cl2F3O2S2/c24-16-7-13-14(8-17(16)25)22(30)15(21(13)29)5-12-6-19-20(31-12)9-18(32-19)10-1-3-11(4-2-10)23(26,27)28/h1-9H. The van der Waals surface area contributed by atoms with Crippen LogP contribution in [0.4, 0.5) is 13.2 Å². The van der Waals surface area contributed by atoms with Crippen LogP contribution in [-0.4, -0.2) is 11.6 Å². The summed E-state index contributed by atoms with van der Waals surface area (Å²) >= 11 is 14.8. The van der Waals surface area contributed by atoms with Crippen molar-refractivity contribution < 1.29 is 22.8 Å². The molecule has 0 saturated heterocycles. The zero-order chi connectivity index (χ0) is 22.8. The van der Waals surface area contributed by atoms with Gasteiger partial charge in [0.25, 0.3) is 0 Å². The van der Waals surface area contributed by atoms with Crippen molar-refractivity contribution in [2.75, 3.05) is 0 Å². The van der Waals surface area contributed by atoms with Crippen molar-refractivity contribution >= 4 is 72.9 Å². The lowest BCUT2D eigenvalue weighted by atomic mass is 10.1. The smallest absolute Gasteiger partial charge is 0.288 e. The van der Waals surface area contributed by atoms with Crippen molar-refractivity contribution in [1.29, 1.82) is 0 Å². The molecule has 0 aliphatic heterocycles. The van der Waals surface area contributed by atoms with E-state index in [1.54, 1.807) is 6.08 Å². The van der Waals surface area contributed by atoms with Gasteiger partial charge in [-0.15, -0.1) is 22.7 Å². The molecule has 0 saturated carbocycles. The van der Waals surface area contributed by atoms with Crippen LogP contribution < -0.4 is 0 Å². The highest BCUT2D eigenvalue weighted by molar-refractivity contribution is 7.29. The van der Waals surface area contributed by atoms with Gasteiger partial charge < -0.3 is 0 Å². The van der Waals surface area contributed by atoms with Crippen LogP contribution in [0.5, 0.6) is 0 Å². The van der Waals surface area contributed by atoms with Crippen LogP contribution in [0.15, 0.2) is 54.1 Å². The molecule has 0 radical (unpaired) electrons. The maximum Gasteiger partial charge on any atom is 0.416 e. The van der Waals surface area contributed by atoms with Crippen LogP contribution >= 0.6 is 45.9 Å². The third kappa shape index (κ3) is 3.59. The molecule has 0 atom stereocenters. The third-order valence-corrected chi connectivity index (χ3v) is 8.06. The van der Waals surface area contributed by atoms with Gasteiger partial charge in [0.05, 0.1) is 21.2 Å². The average molecular weight is 509 g/mol. The van der Waals surface area contributed by atoms with Crippen LogP contribution in [0.3, 0.4) is 0 Å². The molecule has 32 heavy (non-hydrogen) atoms. The van der Waals surface area contributed by atoms with Gasteiger partial charge >= 0.3 is 6.18 Å². The van der Waals surface area contributed by atoms with E-state index in [-0.39, 0.29) is 26.7 Å². The van der Waals surface area contributed by atoms with Gasteiger partial charge in [-0.05, 0) is 48.0 Å². The molecule has 9 heteroatoms. The summed E-state index contributed by atoms with van der Waals surface area (Å²) in [6.07, 6.45) is -2.82. The minimum atomic E-state index is -4.37. The summed E-state index contributed by atoms with van der Waals surface area (Å²) in [5.41, 5.74) is 0.520. The Morgan fingerprint density at radius 1 is 0.781 bits per heavy atom. The van der Waals surface area contributed by atoms with Crippen LogP contribution in [0, 0.1) is 0 Å². The normalized spacial score (nSPS) is 13.8. The molecule has 1 aliphatic rings. The van der Waals surface area contributed by atoms with Crippen molar-refractivity contribution in [3.05, 3.63) is 85.7 Å². The molecule has 4 aromatic rings. The molecule has 2 aromatic heterocycles. The highest BCUT2D eigenvalue weighted by Crippen LogP contribution is 2.41. The van der Waals surface area contributed by atoms with Crippen molar-refractivity contribution in [3.63, 3.8) is 0 Å². The maximum atomic E-state index is 12.8. The maximum absolute atomic E-state index is 12.8. The first kappa shape index (κ1) is 21.4. The Labute approximate surface area is 197 Å². The number of allylic oxidation sites excluding steroid dienone is 1. The summed E-state index contributed by atoms with van der Waals surface area (Å²) in [5, 5.41) is 0.417. The summed E-state index contributed by atoms with van der Waals surface area (Å²) in [5.74, 6) is -0.795. The minimum Gasteiger partial charge on any atom is -0.288 e. The first-order chi connectivity index (χ1) is 15.1. The van der Waals surface area contributed by atoms with Crippen molar-refractivity contribution in [2.24, 2.45) is 0 Å². The lowest BCUT2D eigenvalue weighted by Gasteiger charge is -2.06. The van der Waals surface area contributed by atoms with Crippen molar-refractivity contribution in [1.82, 2.24) is 0 Å². The van der Waals surface area contributed by atoms with E-state index in [9.17, 15) is 22.8 Å². The number of Topliss-reactive ketones (excluding diaryl/α,β-unsaturated/α-hetero) is 2. The highest BCUT2D eigenvalue weighted by Gasteiger charge is 2.34. The number of alkyl halides is 3. The van der Waals surface area contributed by atoms with E-state index < -0.39 is 23.3 Å². The van der Waals surface area contributed by atoms with Gasteiger partial charge in [-0.25, -0.2) is 0 Å². The van der Waals surface area contributed by atoms with E-state index in [2.05, 4.69) is 0 Å². The summed E-state index contributed by atoms with van der Waals surface area (Å²) in [7, 11) is 0. The second-order valence-corrected chi connectivity index (χ2v) is 10.1. The first-order valence-corrected chi connectivity index (χ1v) is 11.5. The summed E-state index contributed by atoms with van der Waals surface area (Å²) < 4.78 is 40.1. The molecule has 0 amide bonds. The van der Waals surface area contributed by atoms with Gasteiger partial charge in [0, 0.05) is 30.3 Å². The fourth-order valence-corrected chi connectivity index (χ4v) is 6.16. The number of fused-ring (bicyclic) bond motifs is 2. The molecule has 2 nitrogen and oxygen atoms in total. The molecule has 2 aromatic carbocycles. The van der Waals surface area contributed by atoms with Crippen molar-refractivity contribution in [3.8, 4) is 10.4 Å². The Morgan fingerprint density at radius 3 is 1.88 bits per heavy atom. The molecule has 0 unspecified atom stereocenters. The number of benzene rings is 2. The summed E-state index contributed by atoms with van der Waals surface area (Å²) in [6, 6.07) is 11.6. The molecule has 160 valence electrons. The molecule has 2 heterocycles. The van der Waals surface area contributed by atoms with E-state index >= 15 is 0 Å². The lowest BCUT2D eigenvalue weighted by Crippen LogP contribution is -2.03. The van der Waals surface area contributed by atoms with E-state index in [4.69, 9.17) is 23.2 Å². The van der Waals surface area contributed by atoms with E-state index in [1.165, 1.54) is 46.9 Å². The monoisotopic (exact) mass is 508 g/mol. The van der Waals surface area contributed by atoms with Gasteiger partial charge in [-0.2, -0.15) is 13.2 Å². The number of ketones is 2. The van der Waals surface area contributed by atoms with Gasteiger partial charge in [0.15, 0.2) is 11.6 Å². The van der Waals surface area contributed by atoms with Crippen molar-refractivity contribution in [2.45, 2.75) is 6.18 Å². The average Bonchev–Trinajstić information content (AvgIpc) is 3.36. The second-order valence-electron chi connectivity index (χ2n) is 7.09. The van der Waals surface area contributed by atoms with Crippen LogP contribution in [0.1, 0.15) is 31.2 Å². The third-order valence-electron chi connectivity index (χ3n) is 5.05. The Bertz CT molecular complexity index is 1390. The number of thiophene rings is 2. The second kappa shape index (κ2) is 7.56. The van der Waals surface area contributed by atoms with E-state index in [0.29, 0.717) is 5.56 Å². The highest BCUT2D eigenvalue weighted by atomic mass is 35.5. The fourth-order valence-electron chi connectivity index (χ4n) is 3.48. The van der Waals surface area contributed by atoms with Gasteiger partial charge in [0.1, 0.15) is 0 Å². The van der Waals surface area contributed by atoms with Gasteiger partial charge in [0.2, 0.25) is 0 Å². The van der Waals surface area contributed by atoms with E-state index in [1.807, 2.05) is 12.1 Å². The quantitative estimate of drug-likeness (QED) is 0.201. The number of halogens is 5. The van der Waals surface area contributed by atoms with E-state index in [0.717, 1.165) is 31.3 Å². The zero-order valence-electron chi connectivity index (χ0n) is 15.7. The largest absolute Gasteiger partial charge is 0.416 e. The molecular formula is C23H9Cl2F3O2S2. The number of hydrogen-bond donors (Lipinski definition) is 0. The SMILES string of the molecule is O=C1C(=Cc2cc3sc(-c4ccc(C(F)(F)F)cc4)cc3s2)C(=O)c2cc(Cl)c(Cl)cc21. The van der Waals surface area contributed by atoms with Crippen LogP contribution in [0.2, 0.25) is 10.0 Å². The number of rotatable bonds is 2. The molecule has 0 bridgehead atoms. The molecule has 1 aliphatic carbocycles. The fraction of sp³-hybridized carbons (Fsp3) is 0.0435. The zero-order valence-corrected chi connectivity index (χ0v) is 18.9. The molecule has 5 rings (SSSR count). The topological polar surface area (TPSA) is 34.1 Å². The van der Waals surface area contributed by atoms with Crippen LogP contribution in [0.25, 0.3) is 25.9 Å². The molecule has 0 N–H and O–H groups in total. The number of hydrogen-bond acceptors (Lipinski definition) is 4. The Morgan fingerprint density at radius 2 is 1.34 bits per heavy atom. The molecule has 0 fully saturated rings. The molecular weight excluding hydrogens is 500 g/mol. The molecule has 0 spiro atoms. The van der Waals surface area contributed by atoms with Gasteiger partial charge in [-0.1, -0.05) is 35.3 Å². The predicted octanol–water partition coefficient (Wildman–Crippen LogP) is 8.42.